The number of hydrogen-bond donors (Lipinski definition) is 2. The van der Waals surface area contributed by atoms with Crippen LogP contribution in [0.4, 0.5) is 0 Å². The van der Waals surface area contributed by atoms with Gasteiger partial charge in [0.2, 0.25) is 0 Å². The van der Waals surface area contributed by atoms with E-state index in [9.17, 15) is 4.79 Å². The van der Waals surface area contributed by atoms with Crippen molar-refractivity contribution in [1.82, 2.24) is 0 Å². The topological polar surface area (TPSA) is 66.8 Å². The first-order valence-electron chi connectivity index (χ1n) is 6.24. The zero-order chi connectivity index (χ0) is 13.9. The molecule has 104 valence electrons. The number of aliphatic hydroxyl groups excluding tert-OH is 1. The molecule has 0 spiro atoms. The van der Waals surface area contributed by atoms with Crippen LogP contribution in [0.2, 0.25) is 0 Å². The molecule has 0 aromatic heterocycles. The molecular formula is C13H28O4. The van der Waals surface area contributed by atoms with E-state index in [4.69, 9.17) is 10.2 Å². The number of hydrogen-bond acceptors (Lipinski definition) is 4. The predicted octanol–water partition coefficient (Wildman–Crippen LogP) is 2.13. The van der Waals surface area contributed by atoms with Crippen LogP contribution >= 0.6 is 0 Å². The normalized spacial score (nSPS) is 17.4. The summed E-state index contributed by atoms with van der Waals surface area (Å²) >= 11 is 0. The van der Waals surface area contributed by atoms with Crippen LogP contribution in [0, 0.1) is 5.41 Å². The summed E-state index contributed by atoms with van der Waals surface area (Å²) in [7, 11) is 1.46. The molecule has 1 saturated carbocycles. The molecular weight excluding hydrogens is 220 g/mol. The predicted molar refractivity (Wildman–Crippen MR) is 68.7 cm³/mol. The lowest BCUT2D eigenvalue weighted by Crippen LogP contribution is -2.22. The molecule has 0 unspecified atom stereocenters. The molecule has 2 N–H and O–H groups in total. The quantitative estimate of drug-likeness (QED) is 0.593. The van der Waals surface area contributed by atoms with Gasteiger partial charge in [-0.05, 0) is 26.7 Å². The Hall–Kier alpha value is -0.450. The summed E-state index contributed by atoms with van der Waals surface area (Å²) in [5, 5.41) is 17.4. The highest BCUT2D eigenvalue weighted by Crippen LogP contribution is 2.35. The first-order chi connectivity index (χ1) is 7.89. The Morgan fingerprint density at radius 1 is 1.29 bits per heavy atom. The van der Waals surface area contributed by atoms with Crippen LogP contribution in [0.5, 0.6) is 0 Å². The first kappa shape index (κ1) is 18.9. The highest BCUT2D eigenvalue weighted by Gasteiger charge is 2.32. The highest BCUT2D eigenvalue weighted by molar-refractivity contribution is 5.59. The molecule has 0 bridgehead atoms. The molecule has 0 atom stereocenters. The molecule has 1 rings (SSSR count). The molecule has 1 aliphatic rings. The van der Waals surface area contributed by atoms with Gasteiger partial charge < -0.3 is 19.7 Å². The molecule has 0 radical (unpaired) electrons. The Morgan fingerprint density at radius 3 is 1.76 bits per heavy atom. The molecule has 0 saturated heterocycles. The van der Waals surface area contributed by atoms with E-state index >= 15 is 0 Å². The number of ether oxygens (including phenoxy) is 1. The summed E-state index contributed by atoms with van der Waals surface area (Å²) in [6.45, 7) is 7.19. The fraction of sp³-hybridized carbons (Fsp3) is 0.923. The van der Waals surface area contributed by atoms with E-state index in [-0.39, 0.29) is 12.0 Å². The average molecular weight is 248 g/mol. The Balaban J connectivity index is 0. The van der Waals surface area contributed by atoms with Crippen molar-refractivity contribution in [3.8, 4) is 0 Å². The largest absolute Gasteiger partial charge is 0.395 e. The standard InChI is InChI=1S/C7H12O2.C4H10O2.C2H6/c8-5-7(6-9)3-1-2-4-7;1-4(2,5)6-3;1-2/h5,9H,1-4,6H2;5H,1-3H3;1-2H3. The number of rotatable bonds is 3. The van der Waals surface area contributed by atoms with Gasteiger partial charge in [-0.2, -0.15) is 0 Å². The summed E-state index contributed by atoms with van der Waals surface area (Å²) in [5.41, 5.74) is -0.347. The third-order valence-corrected chi connectivity index (χ3v) is 2.66. The van der Waals surface area contributed by atoms with Crippen LogP contribution in [0.1, 0.15) is 53.4 Å². The average Bonchev–Trinajstić information content (AvgIpc) is 2.81. The molecule has 0 heterocycles. The second-order valence-electron chi connectivity index (χ2n) is 4.50. The Labute approximate surface area is 105 Å². The van der Waals surface area contributed by atoms with Crippen LogP contribution in [0.25, 0.3) is 0 Å². The van der Waals surface area contributed by atoms with Gasteiger partial charge in [-0.15, -0.1) is 0 Å². The molecule has 0 aliphatic heterocycles. The lowest BCUT2D eigenvalue weighted by molar-refractivity contribution is -0.155. The van der Waals surface area contributed by atoms with Gasteiger partial charge in [0.25, 0.3) is 0 Å². The molecule has 17 heavy (non-hydrogen) atoms. The van der Waals surface area contributed by atoms with Gasteiger partial charge in [0.05, 0.1) is 6.61 Å². The third-order valence-electron chi connectivity index (χ3n) is 2.66. The van der Waals surface area contributed by atoms with E-state index in [0.29, 0.717) is 0 Å². The Bertz CT molecular complexity index is 178. The van der Waals surface area contributed by atoms with Gasteiger partial charge >= 0.3 is 0 Å². The van der Waals surface area contributed by atoms with Crippen LogP contribution in [-0.2, 0) is 9.53 Å². The molecule has 0 amide bonds. The maximum atomic E-state index is 10.4. The van der Waals surface area contributed by atoms with E-state index < -0.39 is 5.79 Å². The van der Waals surface area contributed by atoms with Crippen molar-refractivity contribution < 1.29 is 19.7 Å². The van der Waals surface area contributed by atoms with E-state index in [2.05, 4.69) is 4.74 Å². The van der Waals surface area contributed by atoms with Crippen molar-refractivity contribution in [2.75, 3.05) is 13.7 Å². The van der Waals surface area contributed by atoms with Gasteiger partial charge in [0, 0.05) is 12.5 Å². The van der Waals surface area contributed by atoms with Crippen molar-refractivity contribution in [1.29, 1.82) is 0 Å². The second-order valence-corrected chi connectivity index (χ2v) is 4.50. The summed E-state index contributed by atoms with van der Waals surface area (Å²) in [5.74, 6) is -0.958. The summed E-state index contributed by atoms with van der Waals surface area (Å²) in [4.78, 5) is 10.4. The minimum atomic E-state index is -0.958. The smallest absolute Gasteiger partial charge is 0.159 e. The Morgan fingerprint density at radius 2 is 1.65 bits per heavy atom. The van der Waals surface area contributed by atoms with Gasteiger partial charge in [-0.25, -0.2) is 0 Å². The van der Waals surface area contributed by atoms with Crippen molar-refractivity contribution in [3.05, 3.63) is 0 Å². The van der Waals surface area contributed by atoms with Crippen molar-refractivity contribution in [2.24, 2.45) is 5.41 Å². The number of methoxy groups -OCH3 is 1. The lowest BCUT2D eigenvalue weighted by atomic mass is 9.90. The molecule has 4 heteroatoms. The van der Waals surface area contributed by atoms with Gasteiger partial charge in [-0.1, -0.05) is 26.7 Å². The fourth-order valence-electron chi connectivity index (χ4n) is 1.39. The van der Waals surface area contributed by atoms with E-state index in [1.165, 1.54) is 7.11 Å². The summed E-state index contributed by atoms with van der Waals surface area (Å²) in [6.07, 6.45) is 4.87. The number of aliphatic hydroxyl groups is 2. The Kier molecular flexibility index (Phi) is 10.6. The molecule has 0 aromatic rings. The highest BCUT2D eigenvalue weighted by atomic mass is 16.6. The second kappa shape index (κ2) is 9.57. The first-order valence-corrected chi connectivity index (χ1v) is 6.24. The minimum Gasteiger partial charge on any atom is -0.395 e. The van der Waals surface area contributed by atoms with E-state index in [1.54, 1.807) is 13.8 Å². The minimum absolute atomic E-state index is 0.0382. The van der Waals surface area contributed by atoms with Gasteiger partial charge in [-0.3, -0.25) is 0 Å². The zero-order valence-corrected chi connectivity index (χ0v) is 11.8. The summed E-state index contributed by atoms with van der Waals surface area (Å²) in [6, 6.07) is 0. The van der Waals surface area contributed by atoms with Crippen LogP contribution in [-0.4, -0.2) is 36.0 Å². The van der Waals surface area contributed by atoms with Crippen molar-refractivity contribution >= 4 is 6.29 Å². The number of aldehydes is 1. The van der Waals surface area contributed by atoms with Crippen LogP contribution < -0.4 is 0 Å². The van der Waals surface area contributed by atoms with Crippen LogP contribution in [0.3, 0.4) is 0 Å². The molecule has 1 fully saturated rings. The van der Waals surface area contributed by atoms with Gasteiger partial charge in [0.15, 0.2) is 5.79 Å². The SMILES string of the molecule is CC.COC(C)(C)O.O=CC1(CO)CCCC1. The molecule has 0 aromatic carbocycles. The monoisotopic (exact) mass is 248 g/mol. The maximum absolute atomic E-state index is 10.4. The number of carbonyl (C=O) groups is 1. The fourth-order valence-corrected chi connectivity index (χ4v) is 1.39. The van der Waals surface area contributed by atoms with E-state index in [0.717, 1.165) is 32.0 Å². The van der Waals surface area contributed by atoms with Crippen LogP contribution in [0.15, 0.2) is 0 Å². The lowest BCUT2D eigenvalue weighted by Gasteiger charge is -2.16. The number of carbonyl (C=O) groups excluding carboxylic acids is 1. The summed E-state index contributed by atoms with van der Waals surface area (Å²) < 4.78 is 4.49. The van der Waals surface area contributed by atoms with Crippen molar-refractivity contribution in [2.45, 2.75) is 59.2 Å². The molecule has 4 nitrogen and oxygen atoms in total. The van der Waals surface area contributed by atoms with Crippen molar-refractivity contribution in [3.63, 3.8) is 0 Å². The zero-order valence-electron chi connectivity index (χ0n) is 11.8. The van der Waals surface area contributed by atoms with Gasteiger partial charge in [0.1, 0.15) is 6.29 Å². The third kappa shape index (κ3) is 9.27. The maximum Gasteiger partial charge on any atom is 0.159 e. The van der Waals surface area contributed by atoms with E-state index in [1.807, 2.05) is 13.8 Å². The molecule has 1 aliphatic carbocycles.